The number of hydrazine groups is 1. The maximum atomic E-state index is 3.20. The largest absolute Gasteiger partial charge is 0.258 e. The fourth-order valence-electron chi connectivity index (χ4n) is 1.22. The Labute approximate surface area is 69.0 Å². The van der Waals surface area contributed by atoms with Crippen LogP contribution in [0.4, 0.5) is 0 Å². The van der Waals surface area contributed by atoms with Crippen LogP contribution in [0.15, 0.2) is 12.2 Å². The molecule has 0 fully saturated rings. The van der Waals surface area contributed by atoms with Crippen LogP contribution < -0.4 is 10.9 Å². The molecule has 2 heteroatoms. The molecule has 0 aromatic carbocycles. The van der Waals surface area contributed by atoms with Crippen LogP contribution in [-0.4, -0.2) is 13.1 Å². The van der Waals surface area contributed by atoms with Crippen molar-refractivity contribution in [2.24, 2.45) is 0 Å². The van der Waals surface area contributed by atoms with E-state index in [0.29, 0.717) is 0 Å². The molecule has 2 N–H and O–H groups in total. The number of hydrogen-bond acceptors (Lipinski definition) is 2. The summed E-state index contributed by atoms with van der Waals surface area (Å²) in [6, 6.07) is 0. The van der Waals surface area contributed by atoms with E-state index in [2.05, 4.69) is 23.0 Å². The number of rotatable bonds is 0. The second-order valence-corrected chi connectivity index (χ2v) is 2.96. The molecule has 0 amide bonds. The van der Waals surface area contributed by atoms with Gasteiger partial charge in [0.05, 0.1) is 0 Å². The van der Waals surface area contributed by atoms with Gasteiger partial charge in [-0.1, -0.05) is 18.6 Å². The Morgan fingerprint density at radius 2 is 1.55 bits per heavy atom. The van der Waals surface area contributed by atoms with Gasteiger partial charge in [0.15, 0.2) is 0 Å². The van der Waals surface area contributed by atoms with E-state index in [-0.39, 0.29) is 0 Å². The van der Waals surface area contributed by atoms with Crippen molar-refractivity contribution in [2.45, 2.75) is 32.1 Å². The van der Waals surface area contributed by atoms with E-state index in [1.165, 1.54) is 25.7 Å². The lowest BCUT2D eigenvalue weighted by atomic mass is 10.2. The van der Waals surface area contributed by atoms with Crippen molar-refractivity contribution < 1.29 is 0 Å². The summed E-state index contributed by atoms with van der Waals surface area (Å²) in [7, 11) is 0. The molecule has 0 saturated carbocycles. The van der Waals surface area contributed by atoms with E-state index in [1.807, 2.05) is 0 Å². The van der Waals surface area contributed by atoms with Gasteiger partial charge in [0.25, 0.3) is 0 Å². The molecule has 11 heavy (non-hydrogen) atoms. The Bertz CT molecular complexity index is 98.1. The molecule has 2 nitrogen and oxygen atoms in total. The van der Waals surface area contributed by atoms with E-state index >= 15 is 0 Å². The molecule has 0 radical (unpaired) electrons. The molecule has 0 aliphatic carbocycles. The summed E-state index contributed by atoms with van der Waals surface area (Å²) in [6.45, 7) is 2.16. The zero-order valence-electron chi connectivity index (χ0n) is 7.10. The van der Waals surface area contributed by atoms with Gasteiger partial charge in [-0.3, -0.25) is 10.9 Å². The maximum Gasteiger partial charge on any atom is 0.0134 e. The minimum atomic E-state index is 1.05. The summed E-state index contributed by atoms with van der Waals surface area (Å²) >= 11 is 0. The minimum absolute atomic E-state index is 1.05. The van der Waals surface area contributed by atoms with E-state index in [1.54, 1.807) is 0 Å². The van der Waals surface area contributed by atoms with Crippen molar-refractivity contribution in [3.05, 3.63) is 12.2 Å². The fraction of sp³-hybridized carbons (Fsp3) is 0.778. The van der Waals surface area contributed by atoms with Gasteiger partial charge in [0.1, 0.15) is 0 Å². The summed E-state index contributed by atoms with van der Waals surface area (Å²) in [5, 5.41) is 0. The molecule has 64 valence electrons. The van der Waals surface area contributed by atoms with Gasteiger partial charge in [0, 0.05) is 13.1 Å². The first-order chi connectivity index (χ1) is 5.50. The quantitative estimate of drug-likeness (QED) is 0.518. The fourth-order valence-corrected chi connectivity index (χ4v) is 1.22. The molecule has 0 saturated heterocycles. The highest BCUT2D eigenvalue weighted by Crippen LogP contribution is 2.00. The van der Waals surface area contributed by atoms with E-state index in [4.69, 9.17) is 0 Å². The summed E-state index contributed by atoms with van der Waals surface area (Å²) in [6.07, 6.45) is 11.0. The van der Waals surface area contributed by atoms with Crippen molar-refractivity contribution >= 4 is 0 Å². The van der Waals surface area contributed by atoms with Crippen LogP contribution >= 0.6 is 0 Å². The van der Waals surface area contributed by atoms with Crippen LogP contribution in [0.25, 0.3) is 0 Å². The molecule has 0 bridgehead atoms. The molecule has 0 spiro atoms. The predicted molar refractivity (Wildman–Crippen MR) is 48.2 cm³/mol. The highest BCUT2D eigenvalue weighted by atomic mass is 15.3. The van der Waals surface area contributed by atoms with Crippen LogP contribution in [0.1, 0.15) is 32.1 Å². The number of nitrogens with one attached hydrogen (secondary N) is 2. The Morgan fingerprint density at radius 3 is 2.55 bits per heavy atom. The molecule has 0 aromatic rings. The van der Waals surface area contributed by atoms with E-state index in [0.717, 1.165) is 19.5 Å². The smallest absolute Gasteiger partial charge is 0.0134 e. The standard InChI is InChI=1S/C9H18N2/c1-2-4-6-8-10-11-9-7-5-3-1/h2,4,10-11H,1,3,5-9H2/b4-2-. The van der Waals surface area contributed by atoms with Crippen molar-refractivity contribution in [1.29, 1.82) is 0 Å². The van der Waals surface area contributed by atoms with Gasteiger partial charge in [-0.25, -0.2) is 0 Å². The molecular formula is C9H18N2. The zero-order chi connectivity index (χ0) is 7.78. The lowest BCUT2D eigenvalue weighted by Crippen LogP contribution is -2.32. The summed E-state index contributed by atoms with van der Waals surface area (Å²) in [4.78, 5) is 0. The SMILES string of the molecule is C1=C\CCNNCCCCC/1. The third-order valence-electron chi connectivity index (χ3n) is 1.90. The van der Waals surface area contributed by atoms with Gasteiger partial charge in [-0.15, -0.1) is 0 Å². The van der Waals surface area contributed by atoms with Crippen LogP contribution in [-0.2, 0) is 0 Å². The van der Waals surface area contributed by atoms with Gasteiger partial charge in [0.2, 0.25) is 0 Å². The molecule has 0 aromatic heterocycles. The van der Waals surface area contributed by atoms with Gasteiger partial charge in [-0.05, 0) is 25.7 Å². The predicted octanol–water partition coefficient (Wildman–Crippen LogP) is 1.60. The van der Waals surface area contributed by atoms with Crippen molar-refractivity contribution in [3.8, 4) is 0 Å². The molecule has 1 heterocycles. The first-order valence-electron chi connectivity index (χ1n) is 4.61. The average Bonchev–Trinajstić information content (AvgIpc) is 2.08. The third-order valence-corrected chi connectivity index (χ3v) is 1.90. The van der Waals surface area contributed by atoms with Crippen LogP contribution in [0.2, 0.25) is 0 Å². The zero-order valence-corrected chi connectivity index (χ0v) is 7.10. The van der Waals surface area contributed by atoms with Crippen LogP contribution in [0.3, 0.4) is 0 Å². The minimum Gasteiger partial charge on any atom is -0.258 e. The first kappa shape index (κ1) is 8.75. The molecular weight excluding hydrogens is 136 g/mol. The third kappa shape index (κ3) is 4.99. The molecule has 1 aliphatic heterocycles. The normalized spacial score (nSPS) is 25.5. The Kier molecular flexibility index (Phi) is 5.07. The molecule has 1 aliphatic rings. The van der Waals surface area contributed by atoms with Crippen molar-refractivity contribution in [3.63, 3.8) is 0 Å². The molecule has 0 atom stereocenters. The van der Waals surface area contributed by atoms with Gasteiger partial charge >= 0.3 is 0 Å². The first-order valence-corrected chi connectivity index (χ1v) is 4.61. The Morgan fingerprint density at radius 1 is 0.727 bits per heavy atom. The number of hydrogen-bond donors (Lipinski definition) is 2. The molecule has 1 rings (SSSR count). The second kappa shape index (κ2) is 6.38. The van der Waals surface area contributed by atoms with Gasteiger partial charge < -0.3 is 0 Å². The summed E-state index contributed by atoms with van der Waals surface area (Å²) in [5.74, 6) is 0. The number of allylic oxidation sites excluding steroid dienone is 1. The Balaban J connectivity index is 2.11. The monoisotopic (exact) mass is 154 g/mol. The molecule has 0 unspecified atom stereocenters. The van der Waals surface area contributed by atoms with Gasteiger partial charge in [-0.2, -0.15) is 0 Å². The summed E-state index contributed by atoms with van der Waals surface area (Å²) in [5.41, 5.74) is 6.38. The lowest BCUT2D eigenvalue weighted by Gasteiger charge is -2.03. The summed E-state index contributed by atoms with van der Waals surface area (Å²) < 4.78 is 0. The average molecular weight is 154 g/mol. The van der Waals surface area contributed by atoms with Crippen molar-refractivity contribution in [1.82, 2.24) is 10.9 Å². The second-order valence-electron chi connectivity index (χ2n) is 2.96. The van der Waals surface area contributed by atoms with Crippen molar-refractivity contribution in [2.75, 3.05) is 13.1 Å². The van der Waals surface area contributed by atoms with E-state index < -0.39 is 0 Å². The highest BCUT2D eigenvalue weighted by molar-refractivity contribution is 4.82. The lowest BCUT2D eigenvalue weighted by molar-refractivity contribution is 0.515. The highest BCUT2D eigenvalue weighted by Gasteiger charge is 1.90. The topological polar surface area (TPSA) is 24.1 Å². The van der Waals surface area contributed by atoms with Crippen LogP contribution in [0, 0.1) is 0 Å². The van der Waals surface area contributed by atoms with Crippen LogP contribution in [0.5, 0.6) is 0 Å². The Hall–Kier alpha value is -0.340. The maximum absolute atomic E-state index is 3.20. The van der Waals surface area contributed by atoms with E-state index in [9.17, 15) is 0 Å².